The molecule has 4 amide bonds. The molecule has 3 atom stereocenters. The number of amides is 4. The predicted molar refractivity (Wildman–Crippen MR) is 145 cm³/mol. The minimum absolute atomic E-state index is 0.0770. The standard InChI is InChI=1S/C26H22N6O9S/c27-26(40)41-9-12-10-42-24-18(23(37)32(24)19(12)25(38)39)31-22(36)16(11-3-5-13(33)6-4-11)30-21(35)14-8-29-15-2-1-7-28-17(15)20(14)34/h1-8,16,18,24,33H,9-10H2,(H2,27,40)(H,29,34)(H,30,35)(H,31,36)(H,38,39)/t16?,18?,24-/m1/s1. The van der Waals surface area contributed by atoms with E-state index in [1.165, 1.54) is 30.5 Å². The molecule has 42 heavy (non-hydrogen) atoms. The molecule has 0 spiro atoms. The molecule has 2 aromatic heterocycles. The molecule has 0 saturated carbocycles. The van der Waals surface area contributed by atoms with Crippen LogP contribution in [0.25, 0.3) is 11.0 Å². The fourth-order valence-electron chi connectivity index (χ4n) is 4.54. The van der Waals surface area contributed by atoms with Gasteiger partial charge < -0.3 is 36.4 Å². The molecule has 1 fully saturated rings. The van der Waals surface area contributed by atoms with E-state index in [1.807, 2.05) is 0 Å². The molecule has 0 bridgehead atoms. The van der Waals surface area contributed by atoms with Crippen molar-refractivity contribution in [2.24, 2.45) is 5.73 Å². The molecule has 5 rings (SSSR count). The Balaban J connectivity index is 1.38. The number of carboxylic acids is 1. The van der Waals surface area contributed by atoms with Crippen molar-refractivity contribution in [3.05, 3.63) is 71.2 Å². The number of thioether (sulfide) groups is 1. The lowest BCUT2D eigenvalue weighted by atomic mass is 10.0. The van der Waals surface area contributed by atoms with E-state index in [1.54, 1.807) is 12.1 Å². The first-order valence-corrected chi connectivity index (χ1v) is 13.3. The summed E-state index contributed by atoms with van der Waals surface area (Å²) in [4.78, 5) is 71.9. The van der Waals surface area contributed by atoms with Crippen molar-refractivity contribution < 1.29 is 44.0 Å². The number of nitrogens with one attached hydrogen (secondary N) is 2. The van der Waals surface area contributed by atoms with Gasteiger partial charge in [-0.15, -0.1) is 11.8 Å². The second kappa shape index (κ2) is 11.2. The van der Waals surface area contributed by atoms with Gasteiger partial charge in [0.05, 0.1) is 5.52 Å². The van der Waals surface area contributed by atoms with Crippen LogP contribution in [0.4, 0.5) is 4.79 Å². The van der Waals surface area contributed by atoms with E-state index in [2.05, 4.69) is 20.6 Å². The molecule has 15 nitrogen and oxygen atoms in total. The largest absolute Gasteiger partial charge is 0.508 e. The van der Waals surface area contributed by atoms with E-state index in [9.17, 15) is 39.3 Å². The van der Waals surface area contributed by atoms with E-state index >= 15 is 0 Å². The topological polar surface area (TPSA) is 234 Å². The number of fused-ring (bicyclic) bond motifs is 2. The Morgan fingerprint density at radius 1 is 1.14 bits per heavy atom. The summed E-state index contributed by atoms with van der Waals surface area (Å²) in [5.74, 6) is -4.31. The van der Waals surface area contributed by atoms with Crippen LogP contribution in [-0.2, 0) is 19.1 Å². The van der Waals surface area contributed by atoms with Gasteiger partial charge in [0, 0.05) is 23.7 Å². The monoisotopic (exact) mass is 594 g/mol. The molecule has 16 heteroatoms. The number of β-lactam (4-membered cyclic amide) rings is 1. The highest BCUT2D eigenvalue weighted by molar-refractivity contribution is 8.00. The summed E-state index contributed by atoms with van der Waals surface area (Å²) in [5.41, 5.74) is 5.16. The van der Waals surface area contributed by atoms with E-state index < -0.39 is 59.6 Å². The fourth-order valence-corrected chi connectivity index (χ4v) is 5.86. The normalized spacial score (nSPS) is 18.5. The third-order valence-corrected chi connectivity index (χ3v) is 7.88. The molecule has 1 saturated heterocycles. The highest BCUT2D eigenvalue weighted by Crippen LogP contribution is 2.40. The minimum Gasteiger partial charge on any atom is -0.508 e. The summed E-state index contributed by atoms with van der Waals surface area (Å²) >= 11 is 1.14. The van der Waals surface area contributed by atoms with Crippen LogP contribution in [0.1, 0.15) is 22.0 Å². The number of benzene rings is 1. The fraction of sp³-hybridized carbons (Fsp3) is 0.192. The number of hydrogen-bond donors (Lipinski definition) is 6. The first-order valence-electron chi connectivity index (χ1n) is 12.2. The number of aromatic hydroxyl groups is 2. The van der Waals surface area contributed by atoms with Crippen molar-refractivity contribution >= 4 is 52.6 Å². The Hall–Kier alpha value is -5.38. The van der Waals surface area contributed by atoms with Crippen molar-refractivity contribution in [2.45, 2.75) is 17.5 Å². The summed E-state index contributed by atoms with van der Waals surface area (Å²) < 4.78 is 4.70. The third kappa shape index (κ3) is 5.22. The predicted octanol–water partition coefficient (Wildman–Crippen LogP) is 0.346. The molecule has 3 aromatic rings. The number of aliphatic carboxylic acids is 1. The number of aromatic nitrogens is 2. The van der Waals surface area contributed by atoms with Crippen LogP contribution in [0.2, 0.25) is 0 Å². The summed E-state index contributed by atoms with van der Waals surface area (Å²) in [7, 11) is 0. The molecular weight excluding hydrogens is 572 g/mol. The number of hydrogen-bond acceptors (Lipinski definition) is 11. The maximum atomic E-state index is 13.5. The molecule has 216 valence electrons. The van der Waals surface area contributed by atoms with Crippen LogP contribution >= 0.6 is 11.8 Å². The zero-order valence-corrected chi connectivity index (χ0v) is 22.2. The van der Waals surface area contributed by atoms with Crippen LogP contribution in [0.15, 0.2) is 60.1 Å². The number of phenols is 1. The van der Waals surface area contributed by atoms with Crippen LogP contribution in [0, 0.1) is 0 Å². The van der Waals surface area contributed by atoms with Gasteiger partial charge in [-0.2, -0.15) is 0 Å². The van der Waals surface area contributed by atoms with Gasteiger partial charge in [0.15, 0.2) is 5.75 Å². The van der Waals surface area contributed by atoms with Crippen molar-refractivity contribution in [3.63, 3.8) is 0 Å². The lowest BCUT2D eigenvalue weighted by Crippen LogP contribution is -2.71. The molecule has 2 unspecified atom stereocenters. The van der Waals surface area contributed by atoms with E-state index in [0.29, 0.717) is 5.52 Å². The van der Waals surface area contributed by atoms with Gasteiger partial charge in [-0.3, -0.25) is 29.3 Å². The molecule has 0 aliphatic carbocycles. The number of carboxylic acid groups (broad SMARTS) is 1. The average molecular weight is 595 g/mol. The number of carbonyl (C=O) groups excluding carboxylic acids is 4. The Morgan fingerprint density at radius 3 is 2.57 bits per heavy atom. The lowest BCUT2D eigenvalue weighted by molar-refractivity contribution is -0.151. The first kappa shape index (κ1) is 28.2. The Kier molecular flexibility index (Phi) is 7.54. The molecular formula is C26H22N6O9S. The van der Waals surface area contributed by atoms with E-state index in [0.717, 1.165) is 22.9 Å². The van der Waals surface area contributed by atoms with Gasteiger partial charge in [0.25, 0.3) is 11.8 Å². The summed E-state index contributed by atoms with van der Waals surface area (Å²) in [5, 5.41) is 34.4. The SMILES string of the molecule is NC(=O)OCC1=C(C(=O)O)N2C(=O)C(NC(=O)C(NC(=O)c3cnc4cccnc4c3O)c3ccc(O)cc3)[C@H]2SC1. The van der Waals surface area contributed by atoms with Gasteiger partial charge in [-0.25, -0.2) is 9.59 Å². The van der Waals surface area contributed by atoms with Gasteiger partial charge in [-0.05, 0) is 29.8 Å². The number of phenolic OH excluding ortho intramolecular Hbond substituents is 1. The van der Waals surface area contributed by atoms with Gasteiger partial charge >= 0.3 is 12.1 Å². The molecule has 0 radical (unpaired) electrons. The minimum atomic E-state index is -1.42. The van der Waals surface area contributed by atoms with Gasteiger partial charge in [0.2, 0.25) is 5.91 Å². The number of nitrogens with zero attached hydrogens (tertiary/aromatic N) is 3. The van der Waals surface area contributed by atoms with E-state index in [-0.39, 0.29) is 39.4 Å². The first-order chi connectivity index (χ1) is 20.1. The summed E-state index contributed by atoms with van der Waals surface area (Å²) in [6, 6.07) is 6.03. The number of nitrogens with two attached hydrogens (primary N) is 1. The van der Waals surface area contributed by atoms with Crippen LogP contribution < -0.4 is 16.4 Å². The third-order valence-electron chi connectivity index (χ3n) is 6.54. The second-order valence-corrected chi connectivity index (χ2v) is 10.3. The average Bonchev–Trinajstić information content (AvgIpc) is 2.97. The Morgan fingerprint density at radius 2 is 1.88 bits per heavy atom. The number of primary amides is 1. The van der Waals surface area contributed by atoms with Crippen molar-refractivity contribution in [3.8, 4) is 11.5 Å². The van der Waals surface area contributed by atoms with E-state index in [4.69, 9.17) is 10.5 Å². The maximum Gasteiger partial charge on any atom is 0.404 e. The highest BCUT2D eigenvalue weighted by atomic mass is 32.2. The smallest absolute Gasteiger partial charge is 0.404 e. The quantitative estimate of drug-likeness (QED) is 0.194. The van der Waals surface area contributed by atoms with Crippen molar-refractivity contribution in [1.29, 1.82) is 0 Å². The molecule has 7 N–H and O–H groups in total. The summed E-state index contributed by atoms with van der Waals surface area (Å²) in [6.45, 7) is -0.418. The van der Waals surface area contributed by atoms with Crippen molar-refractivity contribution in [2.75, 3.05) is 12.4 Å². The van der Waals surface area contributed by atoms with Crippen LogP contribution in [-0.4, -0.2) is 83.7 Å². The van der Waals surface area contributed by atoms with Crippen LogP contribution in [0.5, 0.6) is 11.5 Å². The summed E-state index contributed by atoms with van der Waals surface area (Å²) in [6.07, 6.45) is 1.44. The zero-order chi connectivity index (χ0) is 30.1. The zero-order valence-electron chi connectivity index (χ0n) is 21.4. The number of carbonyl (C=O) groups is 5. The molecule has 2 aliphatic heterocycles. The van der Waals surface area contributed by atoms with Crippen molar-refractivity contribution in [1.82, 2.24) is 25.5 Å². The highest BCUT2D eigenvalue weighted by Gasteiger charge is 2.54. The second-order valence-electron chi connectivity index (χ2n) is 9.15. The number of rotatable bonds is 8. The molecule has 1 aromatic carbocycles. The Bertz CT molecular complexity index is 1660. The molecule has 4 heterocycles. The van der Waals surface area contributed by atoms with Gasteiger partial charge in [0.1, 0.15) is 46.6 Å². The lowest BCUT2D eigenvalue weighted by Gasteiger charge is -2.49. The number of ether oxygens (including phenoxy) is 1. The Labute approximate surface area is 240 Å². The number of pyridine rings is 2. The van der Waals surface area contributed by atoms with Gasteiger partial charge in [-0.1, -0.05) is 12.1 Å². The maximum absolute atomic E-state index is 13.5. The molecule has 2 aliphatic rings. The van der Waals surface area contributed by atoms with Crippen LogP contribution in [0.3, 0.4) is 0 Å².